The first kappa shape index (κ1) is 17.7. The summed E-state index contributed by atoms with van der Waals surface area (Å²) in [6.45, 7) is 17.7. The molecule has 3 heteroatoms. The molecule has 1 aliphatic heterocycles. The van der Waals surface area contributed by atoms with Crippen LogP contribution in [0, 0.1) is 0 Å². The van der Waals surface area contributed by atoms with Gasteiger partial charge in [0.05, 0.1) is 11.2 Å². The molecule has 1 aromatic rings. The van der Waals surface area contributed by atoms with Crippen molar-refractivity contribution in [2.45, 2.75) is 84.5 Å². The summed E-state index contributed by atoms with van der Waals surface area (Å²) in [7, 11) is -2.42. The first-order chi connectivity index (χ1) is 9.83. The van der Waals surface area contributed by atoms with Crippen LogP contribution in [0.2, 0.25) is 6.55 Å². The van der Waals surface area contributed by atoms with Crippen molar-refractivity contribution >= 4 is 13.7 Å². The third-order valence-corrected chi connectivity index (χ3v) is 7.81. The highest BCUT2D eigenvalue weighted by atomic mass is 28.4. The Morgan fingerprint density at radius 3 is 1.64 bits per heavy atom. The van der Waals surface area contributed by atoms with E-state index in [1.54, 1.807) is 0 Å². The molecule has 1 heterocycles. The molecule has 0 amide bonds. The van der Waals surface area contributed by atoms with Crippen molar-refractivity contribution in [3.63, 3.8) is 0 Å². The van der Waals surface area contributed by atoms with Gasteiger partial charge in [-0.25, -0.2) is 0 Å². The van der Waals surface area contributed by atoms with Gasteiger partial charge in [0.1, 0.15) is 0 Å². The van der Waals surface area contributed by atoms with Gasteiger partial charge in [0.2, 0.25) is 0 Å². The molecule has 0 spiro atoms. The van der Waals surface area contributed by atoms with Crippen LogP contribution in [0.4, 0.5) is 0 Å². The second kappa shape index (κ2) is 5.47. The maximum absolute atomic E-state index is 6.55. The van der Waals surface area contributed by atoms with Crippen LogP contribution in [0.5, 0.6) is 0 Å². The molecular formula is C19H32O2Si. The largest absolute Gasteiger partial charge is 0.386 e. The average Bonchev–Trinajstić information content (AvgIpc) is 2.43. The van der Waals surface area contributed by atoms with Crippen molar-refractivity contribution in [3.05, 3.63) is 29.8 Å². The lowest BCUT2D eigenvalue weighted by atomic mass is 9.87. The van der Waals surface area contributed by atoms with Gasteiger partial charge < -0.3 is 8.85 Å². The Hall–Kier alpha value is -0.643. The summed E-state index contributed by atoms with van der Waals surface area (Å²) >= 11 is 0. The maximum Gasteiger partial charge on any atom is 0.370 e. The van der Waals surface area contributed by atoms with Gasteiger partial charge in [-0.15, -0.1) is 0 Å². The lowest BCUT2D eigenvalue weighted by molar-refractivity contribution is 0.0544. The Morgan fingerprint density at radius 1 is 0.864 bits per heavy atom. The quantitative estimate of drug-likeness (QED) is 0.701. The Labute approximate surface area is 137 Å². The van der Waals surface area contributed by atoms with Crippen molar-refractivity contribution in [2.24, 2.45) is 0 Å². The van der Waals surface area contributed by atoms with Gasteiger partial charge in [-0.2, -0.15) is 0 Å². The highest BCUT2D eigenvalue weighted by Crippen LogP contribution is 2.35. The SMILES string of the molecule is CC1(C)CCC(C)(C)O[Si](C)(c2ccc(C(C)(C)C)cc2)O1. The molecule has 0 aliphatic carbocycles. The Bertz CT molecular complexity index is 505. The van der Waals surface area contributed by atoms with Crippen LogP contribution in [0.3, 0.4) is 0 Å². The summed E-state index contributed by atoms with van der Waals surface area (Å²) in [6, 6.07) is 8.88. The fourth-order valence-electron chi connectivity index (χ4n) is 3.17. The molecule has 1 aromatic carbocycles. The van der Waals surface area contributed by atoms with Crippen LogP contribution in [0.15, 0.2) is 24.3 Å². The third-order valence-electron chi connectivity index (χ3n) is 4.55. The van der Waals surface area contributed by atoms with Crippen molar-refractivity contribution in [2.75, 3.05) is 0 Å². The Balaban J connectivity index is 2.38. The molecule has 0 aromatic heterocycles. The van der Waals surface area contributed by atoms with Crippen molar-refractivity contribution in [1.29, 1.82) is 0 Å². The van der Waals surface area contributed by atoms with Crippen LogP contribution in [-0.2, 0) is 14.3 Å². The topological polar surface area (TPSA) is 18.5 Å². The maximum atomic E-state index is 6.55. The van der Waals surface area contributed by atoms with Crippen molar-refractivity contribution in [3.8, 4) is 0 Å². The zero-order valence-corrected chi connectivity index (χ0v) is 16.5. The van der Waals surface area contributed by atoms with Crippen LogP contribution in [-0.4, -0.2) is 19.8 Å². The fraction of sp³-hybridized carbons (Fsp3) is 0.684. The normalized spacial score (nSPS) is 23.8. The van der Waals surface area contributed by atoms with Crippen LogP contribution >= 0.6 is 0 Å². The minimum atomic E-state index is -2.42. The molecule has 1 aliphatic rings. The molecule has 2 nitrogen and oxygen atoms in total. The molecule has 0 unspecified atom stereocenters. The second-order valence-corrected chi connectivity index (χ2v) is 11.9. The molecule has 1 fully saturated rings. The summed E-state index contributed by atoms with van der Waals surface area (Å²) in [6.07, 6.45) is 2.06. The molecule has 22 heavy (non-hydrogen) atoms. The first-order valence-electron chi connectivity index (χ1n) is 8.34. The highest BCUT2D eigenvalue weighted by Gasteiger charge is 2.47. The van der Waals surface area contributed by atoms with E-state index in [9.17, 15) is 0 Å². The predicted octanol–water partition coefficient (Wildman–Crippen LogP) is 4.65. The lowest BCUT2D eigenvalue weighted by Gasteiger charge is -2.36. The predicted molar refractivity (Wildman–Crippen MR) is 96.0 cm³/mol. The molecule has 0 N–H and O–H groups in total. The van der Waals surface area contributed by atoms with E-state index < -0.39 is 8.56 Å². The smallest absolute Gasteiger partial charge is 0.370 e. The molecule has 0 atom stereocenters. The number of hydrogen-bond acceptors (Lipinski definition) is 2. The van der Waals surface area contributed by atoms with Gasteiger partial charge in [-0.05, 0) is 63.2 Å². The van der Waals surface area contributed by atoms with Crippen LogP contribution < -0.4 is 5.19 Å². The van der Waals surface area contributed by atoms with E-state index in [2.05, 4.69) is 79.3 Å². The molecule has 124 valence electrons. The monoisotopic (exact) mass is 320 g/mol. The molecular weight excluding hydrogens is 288 g/mol. The number of rotatable bonds is 1. The summed E-state index contributed by atoms with van der Waals surface area (Å²) in [5, 5.41) is 1.23. The van der Waals surface area contributed by atoms with E-state index >= 15 is 0 Å². The van der Waals surface area contributed by atoms with Gasteiger partial charge in [-0.1, -0.05) is 45.0 Å². The van der Waals surface area contributed by atoms with E-state index in [0.717, 1.165) is 12.8 Å². The summed E-state index contributed by atoms with van der Waals surface area (Å²) < 4.78 is 13.1. The zero-order chi connectivity index (χ0) is 16.8. The Morgan fingerprint density at radius 2 is 1.27 bits per heavy atom. The summed E-state index contributed by atoms with van der Waals surface area (Å²) in [5.74, 6) is 0. The van der Waals surface area contributed by atoms with Crippen molar-refractivity contribution < 1.29 is 8.85 Å². The lowest BCUT2D eigenvalue weighted by Crippen LogP contribution is -2.56. The highest BCUT2D eigenvalue weighted by molar-refractivity contribution is 6.80. The second-order valence-electron chi connectivity index (χ2n) is 9.00. The standard InChI is InChI=1S/C19H32O2Si/c1-17(2,3)15-9-11-16(12-10-15)22(8)20-18(4,5)13-14-19(6,7)21-22/h9-12H,13-14H2,1-8H3. The van der Waals surface area contributed by atoms with Gasteiger partial charge in [-0.3, -0.25) is 0 Å². The molecule has 0 saturated carbocycles. The minimum Gasteiger partial charge on any atom is -0.386 e. The van der Waals surface area contributed by atoms with E-state index in [4.69, 9.17) is 8.85 Å². The van der Waals surface area contributed by atoms with Gasteiger partial charge >= 0.3 is 8.56 Å². The summed E-state index contributed by atoms with van der Waals surface area (Å²) in [4.78, 5) is 0. The third kappa shape index (κ3) is 4.00. The van der Waals surface area contributed by atoms with Crippen LogP contribution in [0.1, 0.15) is 66.9 Å². The number of hydrogen-bond donors (Lipinski definition) is 0. The summed E-state index contributed by atoms with van der Waals surface area (Å²) in [5.41, 5.74) is 1.26. The molecule has 0 radical (unpaired) electrons. The molecule has 0 bridgehead atoms. The van der Waals surface area contributed by atoms with E-state index in [1.807, 2.05) is 0 Å². The molecule has 2 rings (SSSR count). The minimum absolute atomic E-state index is 0.128. The van der Waals surface area contributed by atoms with Gasteiger partial charge in [0, 0.05) is 0 Å². The average molecular weight is 321 g/mol. The van der Waals surface area contributed by atoms with Crippen LogP contribution in [0.25, 0.3) is 0 Å². The van der Waals surface area contributed by atoms with E-state index in [0.29, 0.717) is 0 Å². The Kier molecular flexibility index (Phi) is 4.40. The van der Waals surface area contributed by atoms with Crippen molar-refractivity contribution in [1.82, 2.24) is 0 Å². The fourth-order valence-corrected chi connectivity index (χ4v) is 6.53. The number of benzene rings is 1. The van der Waals surface area contributed by atoms with Gasteiger partial charge in [0.15, 0.2) is 0 Å². The molecule has 1 saturated heterocycles. The van der Waals surface area contributed by atoms with E-state index in [-0.39, 0.29) is 16.6 Å². The first-order valence-corrected chi connectivity index (χ1v) is 10.7. The van der Waals surface area contributed by atoms with Gasteiger partial charge in [0.25, 0.3) is 0 Å². The van der Waals surface area contributed by atoms with E-state index in [1.165, 1.54) is 10.8 Å². The zero-order valence-electron chi connectivity index (χ0n) is 15.5.